The first-order valence-corrected chi connectivity index (χ1v) is 5.92. The highest BCUT2D eigenvalue weighted by atomic mass is 15.1. The van der Waals surface area contributed by atoms with Crippen LogP contribution in [0.2, 0.25) is 0 Å². The van der Waals surface area contributed by atoms with Crippen LogP contribution in [0.25, 0.3) is 10.9 Å². The van der Waals surface area contributed by atoms with Gasteiger partial charge in [-0.05, 0) is 30.4 Å². The molecule has 1 aliphatic carbocycles. The minimum absolute atomic E-state index is 0.326. The molecule has 2 aromatic rings. The lowest BCUT2D eigenvalue weighted by atomic mass is 10.1. The fourth-order valence-corrected chi connectivity index (χ4v) is 1.92. The summed E-state index contributed by atoms with van der Waals surface area (Å²) in [7, 11) is 0. The van der Waals surface area contributed by atoms with E-state index in [1.54, 1.807) is 0 Å². The van der Waals surface area contributed by atoms with Crippen molar-refractivity contribution in [2.45, 2.75) is 19.8 Å². The van der Waals surface area contributed by atoms with Gasteiger partial charge in [-0.3, -0.25) is 0 Å². The molecule has 4 heteroatoms. The normalized spacial score (nSPS) is 17.0. The molecule has 0 spiro atoms. The molecule has 0 saturated heterocycles. The molecule has 4 nitrogen and oxygen atoms in total. The Hall–Kier alpha value is -1.84. The Morgan fingerprint density at radius 3 is 2.82 bits per heavy atom. The zero-order valence-electron chi connectivity index (χ0n) is 9.90. The molecule has 1 aromatic carbocycles. The fourth-order valence-electron chi connectivity index (χ4n) is 1.92. The number of hydrogen-bond acceptors (Lipinski definition) is 4. The molecular formula is C13H16N4. The second-order valence-electron chi connectivity index (χ2n) is 5.11. The van der Waals surface area contributed by atoms with Gasteiger partial charge in [-0.25, -0.2) is 4.98 Å². The SMILES string of the molecule is CC1(CNc2nc(N)nc3ccccc23)CC1. The summed E-state index contributed by atoms with van der Waals surface area (Å²) in [5.41, 5.74) is 7.05. The summed E-state index contributed by atoms with van der Waals surface area (Å²) in [6, 6.07) is 7.93. The number of para-hydroxylation sites is 1. The van der Waals surface area contributed by atoms with E-state index in [9.17, 15) is 0 Å². The van der Waals surface area contributed by atoms with Crippen molar-refractivity contribution in [3.05, 3.63) is 24.3 Å². The molecule has 0 bridgehead atoms. The topological polar surface area (TPSA) is 63.8 Å². The first-order chi connectivity index (χ1) is 8.16. The number of benzene rings is 1. The zero-order chi connectivity index (χ0) is 11.9. The van der Waals surface area contributed by atoms with Crippen molar-refractivity contribution in [3.63, 3.8) is 0 Å². The predicted molar refractivity (Wildman–Crippen MR) is 69.8 cm³/mol. The van der Waals surface area contributed by atoms with E-state index < -0.39 is 0 Å². The van der Waals surface area contributed by atoms with E-state index in [1.807, 2.05) is 24.3 Å². The van der Waals surface area contributed by atoms with Gasteiger partial charge in [0.15, 0.2) is 0 Å². The summed E-state index contributed by atoms with van der Waals surface area (Å²) in [6.07, 6.45) is 2.58. The van der Waals surface area contributed by atoms with Crippen LogP contribution in [0.4, 0.5) is 11.8 Å². The summed E-state index contributed by atoms with van der Waals surface area (Å²) in [6.45, 7) is 3.24. The quantitative estimate of drug-likeness (QED) is 0.846. The van der Waals surface area contributed by atoms with Crippen LogP contribution in [0.15, 0.2) is 24.3 Å². The summed E-state index contributed by atoms with van der Waals surface area (Å²) in [5.74, 6) is 1.17. The van der Waals surface area contributed by atoms with Crippen LogP contribution in [-0.2, 0) is 0 Å². The highest BCUT2D eigenvalue weighted by Gasteiger charge is 2.36. The first-order valence-electron chi connectivity index (χ1n) is 5.92. The van der Waals surface area contributed by atoms with Crippen LogP contribution in [-0.4, -0.2) is 16.5 Å². The van der Waals surface area contributed by atoms with Crippen molar-refractivity contribution in [1.29, 1.82) is 0 Å². The van der Waals surface area contributed by atoms with Crippen LogP contribution in [0.5, 0.6) is 0 Å². The highest BCUT2D eigenvalue weighted by Crippen LogP contribution is 2.44. The molecule has 0 amide bonds. The Balaban J connectivity index is 1.96. The molecule has 1 fully saturated rings. The third-order valence-electron chi connectivity index (χ3n) is 3.41. The Kier molecular flexibility index (Phi) is 2.18. The molecule has 17 heavy (non-hydrogen) atoms. The highest BCUT2D eigenvalue weighted by molar-refractivity contribution is 5.89. The number of hydrogen-bond donors (Lipinski definition) is 2. The average molecular weight is 228 g/mol. The lowest BCUT2D eigenvalue weighted by Crippen LogP contribution is -2.13. The monoisotopic (exact) mass is 228 g/mol. The molecule has 1 aliphatic rings. The third-order valence-corrected chi connectivity index (χ3v) is 3.41. The van der Waals surface area contributed by atoms with Crippen LogP contribution in [0.3, 0.4) is 0 Å². The summed E-state index contributed by atoms with van der Waals surface area (Å²) in [4.78, 5) is 8.51. The maximum absolute atomic E-state index is 5.72. The Morgan fingerprint density at radius 2 is 2.06 bits per heavy atom. The van der Waals surface area contributed by atoms with Gasteiger partial charge in [0.2, 0.25) is 5.95 Å². The number of nitrogens with zero attached hydrogens (tertiary/aromatic N) is 2. The van der Waals surface area contributed by atoms with Gasteiger partial charge < -0.3 is 11.1 Å². The molecule has 1 saturated carbocycles. The van der Waals surface area contributed by atoms with E-state index in [4.69, 9.17) is 5.73 Å². The van der Waals surface area contributed by atoms with E-state index in [0.717, 1.165) is 23.3 Å². The van der Waals surface area contributed by atoms with Crippen molar-refractivity contribution < 1.29 is 0 Å². The smallest absolute Gasteiger partial charge is 0.222 e. The Morgan fingerprint density at radius 1 is 1.29 bits per heavy atom. The lowest BCUT2D eigenvalue weighted by molar-refractivity contribution is 0.610. The number of nitrogens with one attached hydrogen (secondary N) is 1. The van der Waals surface area contributed by atoms with Gasteiger partial charge in [-0.1, -0.05) is 19.1 Å². The number of rotatable bonds is 3. The Bertz CT molecular complexity index is 560. The van der Waals surface area contributed by atoms with Crippen LogP contribution in [0.1, 0.15) is 19.8 Å². The van der Waals surface area contributed by atoms with Crippen molar-refractivity contribution in [3.8, 4) is 0 Å². The predicted octanol–water partition coefficient (Wildman–Crippen LogP) is 2.42. The number of anilines is 2. The maximum atomic E-state index is 5.72. The van der Waals surface area contributed by atoms with Crippen LogP contribution >= 0.6 is 0 Å². The van der Waals surface area contributed by atoms with Crippen molar-refractivity contribution in [2.75, 3.05) is 17.6 Å². The summed E-state index contributed by atoms with van der Waals surface area (Å²) < 4.78 is 0. The number of aromatic nitrogens is 2. The second-order valence-corrected chi connectivity index (χ2v) is 5.11. The van der Waals surface area contributed by atoms with Gasteiger partial charge >= 0.3 is 0 Å². The van der Waals surface area contributed by atoms with Gasteiger partial charge in [-0.15, -0.1) is 0 Å². The molecule has 0 radical (unpaired) electrons. The summed E-state index contributed by atoms with van der Waals surface area (Å²) >= 11 is 0. The van der Waals surface area contributed by atoms with Crippen LogP contribution < -0.4 is 11.1 Å². The van der Waals surface area contributed by atoms with Gasteiger partial charge in [0.1, 0.15) is 5.82 Å². The molecule has 0 aliphatic heterocycles. The van der Waals surface area contributed by atoms with E-state index >= 15 is 0 Å². The zero-order valence-corrected chi connectivity index (χ0v) is 9.90. The Labute approximate surface area is 100 Å². The second kappa shape index (κ2) is 3.58. The first kappa shape index (κ1) is 10.3. The van der Waals surface area contributed by atoms with Crippen molar-refractivity contribution in [2.24, 2.45) is 5.41 Å². The standard InChI is InChI=1S/C13H16N4/c1-13(6-7-13)8-15-11-9-4-2-3-5-10(9)16-12(14)17-11/h2-5H,6-8H2,1H3,(H3,14,15,16,17). The van der Waals surface area contributed by atoms with Gasteiger partial charge in [0.25, 0.3) is 0 Å². The molecular weight excluding hydrogens is 212 g/mol. The van der Waals surface area contributed by atoms with E-state index in [1.165, 1.54) is 12.8 Å². The van der Waals surface area contributed by atoms with E-state index in [0.29, 0.717) is 11.4 Å². The third kappa shape index (κ3) is 2.02. The van der Waals surface area contributed by atoms with Crippen LogP contribution in [0, 0.1) is 5.41 Å². The summed E-state index contributed by atoms with van der Waals surface area (Å²) in [5, 5.41) is 4.43. The number of nitrogens with two attached hydrogens (primary N) is 1. The van der Waals surface area contributed by atoms with Gasteiger partial charge in [0.05, 0.1) is 5.52 Å². The molecule has 3 N–H and O–H groups in total. The minimum Gasteiger partial charge on any atom is -0.369 e. The molecule has 88 valence electrons. The number of nitrogen functional groups attached to an aromatic ring is 1. The molecule has 1 aromatic heterocycles. The molecule has 3 rings (SSSR count). The molecule has 1 heterocycles. The van der Waals surface area contributed by atoms with E-state index in [2.05, 4.69) is 22.2 Å². The van der Waals surface area contributed by atoms with E-state index in [-0.39, 0.29) is 0 Å². The fraction of sp³-hybridized carbons (Fsp3) is 0.385. The number of fused-ring (bicyclic) bond motifs is 1. The van der Waals surface area contributed by atoms with Crippen molar-refractivity contribution in [1.82, 2.24) is 9.97 Å². The molecule has 0 atom stereocenters. The van der Waals surface area contributed by atoms with Gasteiger partial charge in [0, 0.05) is 11.9 Å². The largest absolute Gasteiger partial charge is 0.369 e. The molecule has 0 unspecified atom stereocenters. The lowest BCUT2D eigenvalue weighted by Gasteiger charge is -2.12. The van der Waals surface area contributed by atoms with Gasteiger partial charge in [-0.2, -0.15) is 4.98 Å². The minimum atomic E-state index is 0.326. The maximum Gasteiger partial charge on any atom is 0.222 e. The average Bonchev–Trinajstić information content (AvgIpc) is 3.05. The van der Waals surface area contributed by atoms with Crippen molar-refractivity contribution >= 4 is 22.7 Å².